The van der Waals surface area contributed by atoms with Gasteiger partial charge in [0.25, 0.3) is 0 Å². The summed E-state index contributed by atoms with van der Waals surface area (Å²) in [6, 6.07) is 19.2. The van der Waals surface area contributed by atoms with Crippen molar-refractivity contribution in [2.24, 2.45) is 5.92 Å². The normalized spacial score (nSPS) is 24.8. The van der Waals surface area contributed by atoms with Crippen LogP contribution in [0.4, 0.5) is 0 Å². The number of fused-ring (bicyclic) bond motifs is 2. The van der Waals surface area contributed by atoms with Gasteiger partial charge in [-0.1, -0.05) is 48.5 Å². The van der Waals surface area contributed by atoms with E-state index >= 15 is 0 Å². The predicted octanol–water partition coefficient (Wildman–Crippen LogP) is 3.86. The quantitative estimate of drug-likeness (QED) is 0.827. The predicted molar refractivity (Wildman–Crippen MR) is 84.1 cm³/mol. The Kier molecular flexibility index (Phi) is 3.40. The highest BCUT2D eigenvalue weighted by Gasteiger charge is 2.36. The van der Waals surface area contributed by atoms with E-state index in [1.54, 1.807) is 0 Å². The van der Waals surface area contributed by atoms with Crippen molar-refractivity contribution in [3.63, 3.8) is 0 Å². The molecule has 2 atom stereocenters. The molecule has 0 spiro atoms. The summed E-state index contributed by atoms with van der Waals surface area (Å²) < 4.78 is 6.35. The number of likely N-dealkylation sites (tertiary alicyclic amines) is 1. The molecule has 2 nitrogen and oxygen atoms in total. The minimum atomic E-state index is 0.244. The molecule has 4 rings (SSSR count). The zero-order chi connectivity index (χ0) is 14.1. The van der Waals surface area contributed by atoms with Crippen molar-refractivity contribution in [2.75, 3.05) is 6.54 Å². The fourth-order valence-electron chi connectivity index (χ4n) is 3.69. The first-order chi connectivity index (χ1) is 10.4. The second-order valence-corrected chi connectivity index (χ2v) is 6.18. The highest BCUT2D eigenvalue weighted by molar-refractivity contribution is 5.35. The van der Waals surface area contributed by atoms with Crippen LogP contribution >= 0.6 is 0 Å². The number of para-hydroxylation sites is 1. The van der Waals surface area contributed by atoms with Crippen LogP contribution < -0.4 is 4.74 Å². The Labute approximate surface area is 126 Å². The van der Waals surface area contributed by atoms with Gasteiger partial charge in [-0.15, -0.1) is 0 Å². The molecule has 2 unspecified atom stereocenters. The molecule has 2 aliphatic rings. The lowest BCUT2D eigenvalue weighted by atomic mass is 9.87. The molecular formula is C19H21NO. The molecule has 1 saturated heterocycles. The van der Waals surface area contributed by atoms with Gasteiger partial charge in [-0.2, -0.15) is 0 Å². The highest BCUT2D eigenvalue weighted by Crippen LogP contribution is 2.37. The van der Waals surface area contributed by atoms with E-state index in [2.05, 4.69) is 59.5 Å². The summed E-state index contributed by atoms with van der Waals surface area (Å²) in [5.41, 5.74) is 2.75. The maximum Gasteiger partial charge on any atom is 0.156 e. The third-order valence-corrected chi connectivity index (χ3v) is 4.71. The van der Waals surface area contributed by atoms with Crippen molar-refractivity contribution in [1.82, 2.24) is 4.90 Å². The summed E-state index contributed by atoms with van der Waals surface area (Å²) in [7, 11) is 0. The summed E-state index contributed by atoms with van der Waals surface area (Å²) in [4.78, 5) is 2.51. The third kappa shape index (κ3) is 2.56. The Hall–Kier alpha value is -1.80. The van der Waals surface area contributed by atoms with Crippen molar-refractivity contribution in [1.29, 1.82) is 0 Å². The van der Waals surface area contributed by atoms with Crippen molar-refractivity contribution >= 4 is 0 Å². The molecule has 108 valence electrons. The second-order valence-electron chi connectivity index (χ2n) is 6.18. The Morgan fingerprint density at radius 3 is 2.71 bits per heavy atom. The average Bonchev–Trinajstić information content (AvgIpc) is 2.54. The van der Waals surface area contributed by atoms with E-state index in [4.69, 9.17) is 4.74 Å². The smallest absolute Gasteiger partial charge is 0.156 e. The first-order valence-electron chi connectivity index (χ1n) is 7.93. The number of hydrogen-bond donors (Lipinski definition) is 0. The molecule has 0 aromatic heterocycles. The van der Waals surface area contributed by atoms with Crippen LogP contribution in [0.3, 0.4) is 0 Å². The highest BCUT2D eigenvalue weighted by atomic mass is 16.5. The van der Waals surface area contributed by atoms with Crippen molar-refractivity contribution < 1.29 is 4.74 Å². The van der Waals surface area contributed by atoms with Crippen molar-refractivity contribution in [3.8, 4) is 5.75 Å². The molecule has 0 bridgehead atoms. The van der Waals surface area contributed by atoms with Gasteiger partial charge in [0.1, 0.15) is 5.75 Å². The van der Waals surface area contributed by atoms with Gasteiger partial charge in [0, 0.05) is 19.0 Å². The summed E-state index contributed by atoms with van der Waals surface area (Å²) in [6.07, 6.45) is 3.96. The van der Waals surface area contributed by atoms with Gasteiger partial charge < -0.3 is 4.74 Å². The van der Waals surface area contributed by atoms with Gasteiger partial charge in [-0.25, -0.2) is 0 Å². The van der Waals surface area contributed by atoms with Crippen molar-refractivity contribution in [2.45, 2.75) is 32.0 Å². The van der Waals surface area contributed by atoms with Crippen LogP contribution in [-0.4, -0.2) is 17.7 Å². The van der Waals surface area contributed by atoms with Gasteiger partial charge in [-0.05, 0) is 36.5 Å². The fourth-order valence-corrected chi connectivity index (χ4v) is 3.69. The lowest BCUT2D eigenvalue weighted by Gasteiger charge is -2.44. The van der Waals surface area contributed by atoms with Gasteiger partial charge in [0.15, 0.2) is 6.23 Å². The molecule has 0 saturated carbocycles. The summed E-state index contributed by atoms with van der Waals surface area (Å²) in [5, 5.41) is 0. The van der Waals surface area contributed by atoms with E-state index < -0.39 is 0 Å². The maximum absolute atomic E-state index is 6.35. The molecule has 2 heteroatoms. The van der Waals surface area contributed by atoms with Crippen LogP contribution in [0, 0.1) is 5.92 Å². The number of benzene rings is 2. The lowest BCUT2D eigenvalue weighted by molar-refractivity contribution is -0.0619. The van der Waals surface area contributed by atoms with Crippen LogP contribution in [0.1, 0.15) is 24.0 Å². The molecule has 0 aliphatic carbocycles. The summed E-state index contributed by atoms with van der Waals surface area (Å²) in [5.74, 6) is 1.72. The second kappa shape index (κ2) is 5.53. The Morgan fingerprint density at radius 2 is 1.81 bits per heavy atom. The zero-order valence-corrected chi connectivity index (χ0v) is 12.2. The van der Waals surface area contributed by atoms with Crippen LogP contribution in [0.2, 0.25) is 0 Å². The SMILES string of the molecule is c1ccc(CN2CCCC3Cc4ccccc4OC32)cc1. The molecule has 0 N–H and O–H groups in total. The lowest BCUT2D eigenvalue weighted by Crippen LogP contribution is -2.50. The van der Waals surface area contributed by atoms with Crippen LogP contribution in [0.25, 0.3) is 0 Å². The first-order valence-corrected chi connectivity index (χ1v) is 7.93. The largest absolute Gasteiger partial charge is 0.475 e. The number of piperidine rings is 1. The third-order valence-electron chi connectivity index (χ3n) is 4.71. The Bertz CT molecular complexity index is 610. The van der Waals surface area contributed by atoms with Crippen LogP contribution in [-0.2, 0) is 13.0 Å². The molecule has 1 fully saturated rings. The van der Waals surface area contributed by atoms with Gasteiger partial charge in [0.05, 0.1) is 0 Å². The van der Waals surface area contributed by atoms with E-state index in [-0.39, 0.29) is 6.23 Å². The number of rotatable bonds is 2. The van der Waals surface area contributed by atoms with E-state index in [9.17, 15) is 0 Å². The van der Waals surface area contributed by atoms with Crippen molar-refractivity contribution in [3.05, 3.63) is 65.7 Å². The van der Waals surface area contributed by atoms with Gasteiger partial charge in [-0.3, -0.25) is 4.90 Å². The Balaban J connectivity index is 1.57. The van der Waals surface area contributed by atoms with E-state index in [0.717, 1.165) is 25.3 Å². The fraction of sp³-hybridized carbons (Fsp3) is 0.368. The number of hydrogen-bond acceptors (Lipinski definition) is 2. The van der Waals surface area contributed by atoms with E-state index in [0.29, 0.717) is 5.92 Å². The monoisotopic (exact) mass is 279 g/mol. The molecule has 0 radical (unpaired) electrons. The minimum absolute atomic E-state index is 0.244. The van der Waals surface area contributed by atoms with Gasteiger partial charge in [0.2, 0.25) is 0 Å². The number of nitrogens with zero attached hydrogens (tertiary/aromatic N) is 1. The standard InChI is InChI=1S/C19H21NO/c1-2-7-15(8-3-1)14-20-12-6-10-17-13-16-9-4-5-11-18(16)21-19(17)20/h1-5,7-9,11,17,19H,6,10,12-14H2. The maximum atomic E-state index is 6.35. The summed E-state index contributed by atoms with van der Waals surface area (Å²) >= 11 is 0. The molecule has 2 aromatic carbocycles. The van der Waals surface area contributed by atoms with Crippen LogP contribution in [0.5, 0.6) is 5.75 Å². The zero-order valence-electron chi connectivity index (χ0n) is 12.2. The van der Waals surface area contributed by atoms with E-state index in [1.807, 2.05) is 0 Å². The molecule has 2 aromatic rings. The average molecular weight is 279 g/mol. The minimum Gasteiger partial charge on any atom is -0.475 e. The number of ether oxygens (including phenoxy) is 1. The molecule has 0 amide bonds. The topological polar surface area (TPSA) is 12.5 Å². The van der Waals surface area contributed by atoms with Gasteiger partial charge >= 0.3 is 0 Å². The molecule has 2 heterocycles. The first kappa shape index (κ1) is 12.9. The molecule has 2 aliphatic heterocycles. The Morgan fingerprint density at radius 1 is 1.00 bits per heavy atom. The van der Waals surface area contributed by atoms with E-state index in [1.165, 1.54) is 24.0 Å². The molecule has 21 heavy (non-hydrogen) atoms. The molecular weight excluding hydrogens is 258 g/mol. The van der Waals surface area contributed by atoms with Crippen LogP contribution in [0.15, 0.2) is 54.6 Å². The summed E-state index contributed by atoms with van der Waals surface area (Å²) in [6.45, 7) is 2.13.